The Kier molecular flexibility index (Phi) is 6.94. The van der Waals surface area contributed by atoms with Crippen LogP contribution in [0.15, 0.2) is 29.1 Å². The zero-order valence-corrected chi connectivity index (χ0v) is 20.2. The zero-order valence-electron chi connectivity index (χ0n) is 20.2. The lowest BCUT2D eigenvalue weighted by Crippen LogP contribution is -2.57. The lowest BCUT2D eigenvalue weighted by Gasteiger charge is -2.39. The highest BCUT2D eigenvalue weighted by molar-refractivity contribution is 5.99. The van der Waals surface area contributed by atoms with Crippen molar-refractivity contribution < 1.29 is 18.3 Å². The number of piperazine rings is 1. The van der Waals surface area contributed by atoms with Crippen molar-refractivity contribution >= 4 is 17.7 Å². The van der Waals surface area contributed by atoms with Crippen molar-refractivity contribution in [1.82, 2.24) is 24.9 Å². The molecule has 1 aromatic rings. The fourth-order valence-corrected chi connectivity index (χ4v) is 5.04. The molecule has 4 heterocycles. The van der Waals surface area contributed by atoms with E-state index in [1.54, 1.807) is 9.80 Å². The summed E-state index contributed by atoms with van der Waals surface area (Å²) < 4.78 is 35.4. The van der Waals surface area contributed by atoms with Crippen molar-refractivity contribution in [3.8, 4) is 5.75 Å². The smallest absolute Gasteiger partial charge is 0.331 e. The molecule has 0 bridgehead atoms. The fraction of sp³-hybridized carbons (Fsp3) is 0.583. The molecule has 0 saturated carbocycles. The van der Waals surface area contributed by atoms with Gasteiger partial charge in [0.2, 0.25) is 5.96 Å². The topological polar surface area (TPSA) is 66.9 Å². The van der Waals surface area contributed by atoms with Gasteiger partial charge in [-0.3, -0.25) is 10.2 Å². The Bertz CT molecular complexity index is 981. The summed E-state index contributed by atoms with van der Waals surface area (Å²) in [6.07, 6.45) is 6.43. The third kappa shape index (κ3) is 5.29. The number of halogens is 2. The quantitative estimate of drug-likeness (QED) is 0.620. The molecule has 2 saturated heterocycles. The molecule has 1 N–H and O–H groups in total. The van der Waals surface area contributed by atoms with Crippen LogP contribution < -0.4 is 15.0 Å². The number of likely N-dealkylation sites (tertiary alicyclic amines) is 1. The summed E-state index contributed by atoms with van der Waals surface area (Å²) in [5, 5.41) is 2.82. The van der Waals surface area contributed by atoms with Crippen molar-refractivity contribution in [2.45, 2.75) is 25.7 Å². The van der Waals surface area contributed by atoms with E-state index in [0.717, 1.165) is 26.1 Å². The predicted molar refractivity (Wildman–Crippen MR) is 129 cm³/mol. The third-order valence-electron chi connectivity index (χ3n) is 6.88. The molecule has 0 spiro atoms. The maximum Gasteiger partial charge on any atom is 0.331 e. The Morgan fingerprint density at radius 3 is 2.40 bits per heavy atom. The third-order valence-corrected chi connectivity index (χ3v) is 6.88. The highest BCUT2D eigenvalue weighted by atomic mass is 19.1. The number of guanidine groups is 1. The number of ether oxygens (including phenoxy) is 1. The number of carbonyl (C=O) groups excluding carboxylic acids is 1. The first kappa shape index (κ1) is 23.7. The average Bonchev–Trinajstić information content (AvgIpc) is 3.23. The number of amides is 2. The summed E-state index contributed by atoms with van der Waals surface area (Å²) in [5.41, 5.74) is -0.0359. The Hall–Kier alpha value is -3.08. The summed E-state index contributed by atoms with van der Waals surface area (Å²) in [5.74, 6) is 0.0452. The number of hydrogen-bond acceptors (Lipinski definition) is 7. The van der Waals surface area contributed by atoms with E-state index in [1.165, 1.54) is 31.4 Å². The Morgan fingerprint density at radius 2 is 1.69 bits per heavy atom. The van der Waals surface area contributed by atoms with E-state index in [2.05, 4.69) is 15.2 Å². The monoisotopic (exact) mass is 489 g/mol. The zero-order chi connectivity index (χ0) is 24.4. The number of aliphatic imine (C=N–C) groups is 1. The van der Waals surface area contributed by atoms with Gasteiger partial charge in [-0.1, -0.05) is 6.42 Å². The van der Waals surface area contributed by atoms with Gasteiger partial charge < -0.3 is 24.3 Å². The van der Waals surface area contributed by atoms with Gasteiger partial charge in [-0.05, 0) is 32.4 Å². The highest BCUT2D eigenvalue weighted by Crippen LogP contribution is 2.29. The summed E-state index contributed by atoms with van der Waals surface area (Å²) in [4.78, 5) is 26.4. The first-order chi connectivity index (χ1) is 17.0. The van der Waals surface area contributed by atoms with Gasteiger partial charge in [0.25, 0.3) is 0 Å². The average molecular weight is 490 g/mol. The molecule has 0 unspecified atom stereocenters. The van der Waals surface area contributed by atoms with Crippen molar-refractivity contribution in [1.29, 1.82) is 0 Å². The normalized spacial score (nSPS) is 21.1. The molecule has 190 valence electrons. The molecule has 2 fully saturated rings. The number of benzene rings is 1. The molecule has 0 atom stereocenters. The molecule has 9 nitrogen and oxygen atoms in total. The second kappa shape index (κ2) is 10.3. The largest absolute Gasteiger partial charge is 0.493 e. The SMILES string of the molecule is CN1C=C2N=C(N3CCN(c4c(F)cc(OCCCN5CCCCC5)cc4F)CC3)NC(=O)N2C1. The van der Waals surface area contributed by atoms with Crippen LogP contribution in [0.1, 0.15) is 25.7 Å². The van der Waals surface area contributed by atoms with Gasteiger partial charge in [-0.15, -0.1) is 0 Å². The maximum absolute atomic E-state index is 14.9. The van der Waals surface area contributed by atoms with Crippen molar-refractivity contribution in [2.75, 3.05) is 71.0 Å². The van der Waals surface area contributed by atoms with Gasteiger partial charge in [-0.2, -0.15) is 4.99 Å². The highest BCUT2D eigenvalue weighted by Gasteiger charge is 2.33. The standard InChI is InChI=1S/C24H33F2N7O2/c1-29-16-21-27-23(28-24(34)33(21)17-29)32-11-9-31(10-12-32)22-19(25)14-18(15-20(22)26)35-13-5-8-30-6-3-2-4-7-30/h14-16H,2-13,17H2,1H3,(H,27,28,34). The van der Waals surface area contributed by atoms with Crippen molar-refractivity contribution in [3.63, 3.8) is 0 Å². The van der Waals surface area contributed by atoms with E-state index < -0.39 is 11.6 Å². The summed E-state index contributed by atoms with van der Waals surface area (Å²) >= 11 is 0. The second-order valence-electron chi connectivity index (χ2n) is 9.49. The van der Waals surface area contributed by atoms with Gasteiger partial charge >= 0.3 is 6.03 Å². The number of urea groups is 1. The van der Waals surface area contributed by atoms with Crippen molar-refractivity contribution in [3.05, 3.63) is 35.8 Å². The Balaban J connectivity index is 1.15. The lowest BCUT2D eigenvalue weighted by atomic mass is 10.1. The molecule has 11 heteroatoms. The van der Waals surface area contributed by atoms with Crippen molar-refractivity contribution in [2.24, 2.45) is 4.99 Å². The molecular weight excluding hydrogens is 456 g/mol. The van der Waals surface area contributed by atoms with E-state index in [1.807, 2.05) is 23.0 Å². The van der Waals surface area contributed by atoms with E-state index >= 15 is 0 Å². The Morgan fingerprint density at radius 1 is 1.00 bits per heavy atom. The molecule has 0 aliphatic carbocycles. The molecule has 0 radical (unpaired) electrons. The van der Waals surface area contributed by atoms with Crippen LogP contribution in [0.3, 0.4) is 0 Å². The second-order valence-corrected chi connectivity index (χ2v) is 9.49. The first-order valence-electron chi connectivity index (χ1n) is 12.4. The summed E-state index contributed by atoms with van der Waals surface area (Å²) in [7, 11) is 1.88. The molecular formula is C24H33F2N7O2. The molecule has 0 aromatic heterocycles. The van der Waals surface area contributed by atoms with E-state index in [4.69, 9.17) is 4.74 Å². The van der Waals surface area contributed by atoms with E-state index in [-0.39, 0.29) is 17.5 Å². The van der Waals surface area contributed by atoms with Crippen LogP contribution in [-0.2, 0) is 0 Å². The Labute approximate surface area is 204 Å². The molecule has 2 amide bonds. The number of fused-ring (bicyclic) bond motifs is 1. The summed E-state index contributed by atoms with van der Waals surface area (Å²) in [6.45, 7) is 5.87. The van der Waals surface area contributed by atoms with Gasteiger partial charge in [0.15, 0.2) is 17.5 Å². The van der Waals surface area contributed by atoms with E-state index in [0.29, 0.717) is 51.2 Å². The van der Waals surface area contributed by atoms with Gasteiger partial charge in [-0.25, -0.2) is 13.6 Å². The fourth-order valence-electron chi connectivity index (χ4n) is 5.04. The summed E-state index contributed by atoms with van der Waals surface area (Å²) in [6, 6.07) is 2.32. The number of anilines is 1. The minimum absolute atomic E-state index is 0.0359. The van der Waals surface area contributed by atoms with Gasteiger partial charge in [0.1, 0.15) is 18.1 Å². The molecule has 35 heavy (non-hydrogen) atoms. The number of carbonyl (C=O) groups is 1. The lowest BCUT2D eigenvalue weighted by molar-refractivity contribution is 0.203. The number of nitrogens with zero attached hydrogens (tertiary/aromatic N) is 6. The predicted octanol–water partition coefficient (Wildman–Crippen LogP) is 2.42. The van der Waals surface area contributed by atoms with E-state index in [9.17, 15) is 13.6 Å². The number of rotatable bonds is 6. The molecule has 5 rings (SSSR count). The van der Waals surface area contributed by atoms with Crippen LogP contribution in [0.25, 0.3) is 0 Å². The van der Waals surface area contributed by atoms with Crippen LogP contribution in [-0.4, -0.2) is 97.7 Å². The molecule has 4 aliphatic heterocycles. The van der Waals surface area contributed by atoms with Crippen LogP contribution >= 0.6 is 0 Å². The van der Waals surface area contributed by atoms with Crippen LogP contribution in [0.5, 0.6) is 5.75 Å². The number of hydrogen-bond donors (Lipinski definition) is 1. The minimum atomic E-state index is -0.623. The number of nitrogens with one attached hydrogen (secondary N) is 1. The van der Waals surface area contributed by atoms with Crippen LogP contribution in [0, 0.1) is 11.6 Å². The molecule has 1 aromatic carbocycles. The first-order valence-corrected chi connectivity index (χ1v) is 12.4. The maximum atomic E-state index is 14.9. The van der Waals surface area contributed by atoms with Crippen LogP contribution in [0.2, 0.25) is 0 Å². The van der Waals surface area contributed by atoms with Gasteiger partial charge in [0.05, 0.1) is 6.61 Å². The number of piperidine rings is 1. The van der Waals surface area contributed by atoms with Crippen LogP contribution in [0.4, 0.5) is 19.3 Å². The molecule has 4 aliphatic rings. The van der Waals surface area contributed by atoms with Gasteiger partial charge in [0, 0.05) is 58.1 Å². The minimum Gasteiger partial charge on any atom is -0.493 e.